The molecule has 24 heavy (non-hydrogen) atoms. The molecule has 0 radical (unpaired) electrons. The summed E-state index contributed by atoms with van der Waals surface area (Å²) >= 11 is 0. The molecule has 0 heterocycles. The van der Waals surface area contributed by atoms with Gasteiger partial charge in [0.05, 0.1) is 0 Å². The zero-order valence-corrected chi connectivity index (χ0v) is 24.8. The average molecular weight is 408 g/mol. The molecule has 0 spiro atoms. The fraction of sp³-hybridized carbons (Fsp3) is 0.333. The van der Waals surface area contributed by atoms with E-state index in [1.165, 1.54) is 12.1 Å². The molecule has 0 amide bonds. The van der Waals surface area contributed by atoms with Crippen LogP contribution in [0.4, 0.5) is 0 Å². The summed E-state index contributed by atoms with van der Waals surface area (Å²) in [5.74, 6) is 0. The molecule has 6 nitrogen and oxygen atoms in total. The van der Waals surface area contributed by atoms with Gasteiger partial charge >= 0.3 is 118 Å². The Hall–Kier alpha value is 3.26. The van der Waals surface area contributed by atoms with Crippen LogP contribution in [-0.4, -0.2) is 5.40 Å². The summed E-state index contributed by atoms with van der Waals surface area (Å²) in [4.78, 5) is 43.5. The van der Waals surface area contributed by atoms with E-state index < -0.39 is 27.0 Å². The van der Waals surface area contributed by atoms with E-state index in [9.17, 15) is 28.7 Å². The number of allylic oxidation sites excluding steroid dienone is 1. The quantitative estimate of drug-likeness (QED) is 0.352. The molecule has 12 heteroatoms. The van der Waals surface area contributed by atoms with E-state index in [0.717, 1.165) is 11.1 Å². The molecule has 1 rings (SSSR count). The SMILES string of the molecule is CC(C)=Cc1ccc(CC(P(=O)([O-])[O-])P(=O)([O-])[O-])cc1.[Na+].[Na+].[Na+].[Na+]. The van der Waals surface area contributed by atoms with Crippen LogP contribution < -0.4 is 138 Å². The summed E-state index contributed by atoms with van der Waals surface area (Å²) in [5, 5.41) is -2.44. The molecule has 0 aliphatic carbocycles. The first-order chi connectivity index (χ1) is 9.00. The predicted molar refractivity (Wildman–Crippen MR) is 68.5 cm³/mol. The van der Waals surface area contributed by atoms with Crippen LogP contribution in [0.1, 0.15) is 25.0 Å². The maximum Gasteiger partial charge on any atom is 1.00 e. The van der Waals surface area contributed by atoms with Gasteiger partial charge in [0, 0.05) is 5.40 Å². The first kappa shape index (κ1) is 34.7. The Morgan fingerprint density at radius 2 is 1.29 bits per heavy atom. The molecule has 0 aliphatic heterocycles. The Labute approximate surface area is 231 Å². The van der Waals surface area contributed by atoms with Crippen molar-refractivity contribution in [3.63, 3.8) is 0 Å². The Morgan fingerprint density at radius 1 is 0.917 bits per heavy atom. The minimum absolute atomic E-state index is 0. The zero-order chi connectivity index (χ0) is 15.6. The Balaban J connectivity index is -0.000000500. The second kappa shape index (κ2) is 15.1. The van der Waals surface area contributed by atoms with E-state index in [1.807, 2.05) is 19.9 Å². The second-order valence-electron chi connectivity index (χ2n) is 4.73. The summed E-state index contributed by atoms with van der Waals surface area (Å²) in [6.45, 7) is 3.81. The molecule has 112 valence electrons. The fourth-order valence-corrected chi connectivity index (χ4v) is 3.95. The largest absolute Gasteiger partial charge is 1.00 e. The number of hydrogen-bond acceptors (Lipinski definition) is 6. The van der Waals surface area contributed by atoms with Crippen LogP contribution in [0.3, 0.4) is 0 Å². The zero-order valence-electron chi connectivity index (χ0n) is 15.0. The number of benzene rings is 1. The third-order valence-electron chi connectivity index (χ3n) is 2.58. The standard InChI is InChI=1S/C12H18O6P2.4Na/c1-9(2)7-10-3-5-11(6-4-10)8-12(19(13,14)15)20(16,17)18;;;;/h3-7,12H,8H2,1-2H3,(H2,13,14,15)(H2,16,17,18);;;;/q;4*+1/p-4. The first-order valence-corrected chi connectivity index (χ1v) is 9.00. The van der Waals surface area contributed by atoms with Crippen LogP contribution in [0.5, 0.6) is 0 Å². The van der Waals surface area contributed by atoms with Crippen molar-refractivity contribution in [3.8, 4) is 0 Å². The third kappa shape index (κ3) is 13.4. The molecule has 0 bridgehead atoms. The van der Waals surface area contributed by atoms with Crippen LogP contribution in [0.15, 0.2) is 29.8 Å². The minimum Gasteiger partial charge on any atom is -0.810 e. The van der Waals surface area contributed by atoms with E-state index >= 15 is 0 Å². The van der Waals surface area contributed by atoms with Crippen molar-refractivity contribution in [2.45, 2.75) is 25.7 Å². The van der Waals surface area contributed by atoms with Gasteiger partial charge in [-0.2, -0.15) is 0 Å². The van der Waals surface area contributed by atoms with E-state index in [-0.39, 0.29) is 118 Å². The van der Waals surface area contributed by atoms with Gasteiger partial charge in [0.2, 0.25) is 0 Å². The number of rotatable bonds is 5. The van der Waals surface area contributed by atoms with Crippen molar-refractivity contribution in [2.75, 3.05) is 0 Å². The van der Waals surface area contributed by atoms with Gasteiger partial charge < -0.3 is 28.7 Å². The molecule has 0 saturated carbocycles. The fourth-order valence-electron chi connectivity index (χ4n) is 1.69. The van der Waals surface area contributed by atoms with Crippen molar-refractivity contribution in [2.24, 2.45) is 0 Å². The predicted octanol–water partition coefficient (Wildman–Crippen LogP) is -12.2. The van der Waals surface area contributed by atoms with E-state index in [0.29, 0.717) is 5.56 Å². The van der Waals surface area contributed by atoms with Crippen molar-refractivity contribution < 1.29 is 147 Å². The van der Waals surface area contributed by atoms with Gasteiger partial charge in [-0.25, -0.2) is 0 Å². The van der Waals surface area contributed by atoms with Crippen LogP contribution in [0, 0.1) is 0 Å². The summed E-state index contributed by atoms with van der Waals surface area (Å²) in [7, 11) is -11.0. The van der Waals surface area contributed by atoms with Gasteiger partial charge in [-0.1, -0.05) is 51.1 Å². The molecular formula is C12H14Na4O6P2. The summed E-state index contributed by atoms with van der Waals surface area (Å²) in [5.41, 5.74) is 2.22. The van der Waals surface area contributed by atoms with Crippen LogP contribution in [0.25, 0.3) is 6.08 Å². The van der Waals surface area contributed by atoms with Crippen molar-refractivity contribution >= 4 is 21.3 Å². The third-order valence-corrected chi connectivity index (χ3v) is 6.11. The summed E-state index contributed by atoms with van der Waals surface area (Å²) in [6, 6.07) is 6.29. The average Bonchev–Trinajstić information content (AvgIpc) is 2.24. The molecule has 0 N–H and O–H groups in total. The van der Waals surface area contributed by atoms with Gasteiger partial charge in [0.15, 0.2) is 0 Å². The summed E-state index contributed by atoms with van der Waals surface area (Å²) < 4.78 is 21.8. The van der Waals surface area contributed by atoms with Gasteiger partial charge in [-0.15, -0.1) is 0 Å². The first-order valence-electron chi connectivity index (χ1n) is 5.77. The van der Waals surface area contributed by atoms with Crippen molar-refractivity contribution in [1.82, 2.24) is 0 Å². The van der Waals surface area contributed by atoms with Gasteiger partial charge in [-0.3, -0.25) is 0 Å². The maximum atomic E-state index is 10.9. The van der Waals surface area contributed by atoms with Gasteiger partial charge in [0.25, 0.3) is 0 Å². The molecule has 0 aliphatic rings. The smallest absolute Gasteiger partial charge is 0.810 e. The molecule has 0 fully saturated rings. The Kier molecular flexibility index (Phi) is 21.9. The monoisotopic (exact) mass is 408 g/mol. The van der Waals surface area contributed by atoms with Crippen LogP contribution >= 0.6 is 15.2 Å². The topological polar surface area (TPSA) is 126 Å². The molecule has 1 aromatic carbocycles. The van der Waals surface area contributed by atoms with Crippen LogP contribution in [-0.2, 0) is 15.6 Å². The van der Waals surface area contributed by atoms with Crippen LogP contribution in [0.2, 0.25) is 0 Å². The van der Waals surface area contributed by atoms with E-state index in [1.54, 1.807) is 12.1 Å². The Bertz CT molecular complexity index is 570. The maximum absolute atomic E-state index is 10.9. The minimum atomic E-state index is -5.50. The molecule has 1 aromatic rings. The van der Waals surface area contributed by atoms with Gasteiger partial charge in [-0.05, 0) is 31.4 Å². The molecular weight excluding hydrogens is 394 g/mol. The summed E-state index contributed by atoms with van der Waals surface area (Å²) in [6.07, 6.45) is 1.25. The molecule has 0 saturated heterocycles. The molecule has 0 unspecified atom stereocenters. The van der Waals surface area contributed by atoms with Crippen molar-refractivity contribution in [1.29, 1.82) is 0 Å². The Morgan fingerprint density at radius 3 is 1.58 bits per heavy atom. The van der Waals surface area contributed by atoms with Gasteiger partial charge in [0.1, 0.15) is 0 Å². The van der Waals surface area contributed by atoms with E-state index in [4.69, 9.17) is 0 Å². The molecule has 0 aromatic heterocycles. The molecule has 0 atom stereocenters. The number of hydrogen-bond donors (Lipinski definition) is 0. The van der Waals surface area contributed by atoms with Crippen molar-refractivity contribution in [3.05, 3.63) is 41.0 Å². The second-order valence-corrected chi connectivity index (χ2v) is 8.54. The normalized spacial score (nSPS) is 10.5. The van der Waals surface area contributed by atoms with E-state index in [2.05, 4.69) is 0 Å².